The average Bonchev–Trinajstić information content (AvgIpc) is 2.85. The first-order valence-corrected chi connectivity index (χ1v) is 5.25. The number of aromatic nitrogens is 2. The quantitative estimate of drug-likeness (QED) is 0.618. The highest BCUT2D eigenvalue weighted by atomic mass is 19.3. The summed E-state index contributed by atoms with van der Waals surface area (Å²) in [6, 6.07) is 5.48. The Kier molecular flexibility index (Phi) is 3.69. The van der Waals surface area contributed by atoms with Gasteiger partial charge >= 0.3 is 6.55 Å². The van der Waals surface area contributed by atoms with Crippen molar-refractivity contribution in [3.8, 4) is 5.75 Å². The number of nitrogens with zero attached hydrogens (tertiary/aromatic N) is 3. The predicted octanol–water partition coefficient (Wildman–Crippen LogP) is 2.77. The molecule has 0 spiro atoms. The van der Waals surface area contributed by atoms with Gasteiger partial charge in [-0.3, -0.25) is 14.7 Å². The molecule has 0 saturated heterocycles. The summed E-state index contributed by atoms with van der Waals surface area (Å²) >= 11 is 0. The van der Waals surface area contributed by atoms with E-state index in [2.05, 4.69) is 4.98 Å². The van der Waals surface area contributed by atoms with Gasteiger partial charge in [0.15, 0.2) is 5.82 Å². The Bertz CT molecular complexity index is 586. The molecule has 6 nitrogen and oxygen atoms in total. The fourth-order valence-corrected chi connectivity index (χ4v) is 1.47. The van der Waals surface area contributed by atoms with Gasteiger partial charge in [0, 0.05) is 18.5 Å². The van der Waals surface area contributed by atoms with E-state index >= 15 is 0 Å². The van der Waals surface area contributed by atoms with Gasteiger partial charge in [-0.2, -0.15) is 8.78 Å². The molecule has 0 aliphatic heterocycles. The number of rotatable bonds is 5. The minimum atomic E-state index is -2.70. The van der Waals surface area contributed by atoms with Crippen LogP contribution >= 0.6 is 0 Å². The minimum absolute atomic E-state index is 0.0431. The fourth-order valence-electron chi connectivity index (χ4n) is 1.47. The molecule has 0 aliphatic rings. The Morgan fingerprint density at radius 3 is 2.95 bits per heavy atom. The van der Waals surface area contributed by atoms with E-state index in [-0.39, 0.29) is 23.9 Å². The van der Waals surface area contributed by atoms with Crippen LogP contribution in [0.25, 0.3) is 0 Å². The maximum absolute atomic E-state index is 12.5. The van der Waals surface area contributed by atoms with Crippen LogP contribution in [0, 0.1) is 10.1 Å². The van der Waals surface area contributed by atoms with Crippen molar-refractivity contribution >= 4 is 5.69 Å². The van der Waals surface area contributed by atoms with Crippen LogP contribution in [0.4, 0.5) is 14.5 Å². The molecule has 0 aliphatic carbocycles. The number of imidazole rings is 1. The summed E-state index contributed by atoms with van der Waals surface area (Å²) in [5.74, 6) is 0.263. The first-order chi connectivity index (χ1) is 9.08. The fraction of sp³-hybridized carbons (Fsp3) is 0.182. The molecule has 1 aromatic carbocycles. The van der Waals surface area contributed by atoms with E-state index in [4.69, 9.17) is 4.74 Å². The van der Waals surface area contributed by atoms with Gasteiger partial charge in [0.25, 0.3) is 5.69 Å². The number of hydrogen-bond acceptors (Lipinski definition) is 4. The molecular formula is C11H9F2N3O3. The first kappa shape index (κ1) is 12.9. The summed E-state index contributed by atoms with van der Waals surface area (Å²) in [5, 5.41) is 10.6. The number of non-ortho nitro benzene ring substituents is 1. The van der Waals surface area contributed by atoms with Crippen LogP contribution in [0.1, 0.15) is 12.4 Å². The van der Waals surface area contributed by atoms with Crippen LogP contribution in [0.15, 0.2) is 36.7 Å². The molecule has 0 unspecified atom stereocenters. The standard InChI is InChI=1S/C11H9F2N3O3/c12-11(13)15-5-4-14-10(15)7-19-9-3-1-2-8(6-9)16(17)18/h1-6,11H,7H2. The second-order valence-corrected chi connectivity index (χ2v) is 3.57. The van der Waals surface area contributed by atoms with Crippen molar-refractivity contribution in [2.45, 2.75) is 13.2 Å². The van der Waals surface area contributed by atoms with E-state index in [1.165, 1.54) is 30.5 Å². The molecule has 1 heterocycles. The summed E-state index contributed by atoms with van der Waals surface area (Å²) in [6.07, 6.45) is 2.37. The maximum atomic E-state index is 12.5. The average molecular weight is 269 g/mol. The number of hydrogen-bond donors (Lipinski definition) is 0. The normalized spacial score (nSPS) is 10.7. The van der Waals surface area contributed by atoms with Crippen molar-refractivity contribution in [3.05, 3.63) is 52.6 Å². The van der Waals surface area contributed by atoms with E-state index in [0.717, 1.165) is 6.20 Å². The summed E-state index contributed by atoms with van der Waals surface area (Å²) < 4.78 is 30.9. The van der Waals surface area contributed by atoms with E-state index in [1.54, 1.807) is 0 Å². The lowest BCUT2D eigenvalue weighted by molar-refractivity contribution is -0.384. The second-order valence-electron chi connectivity index (χ2n) is 3.57. The lowest BCUT2D eigenvalue weighted by atomic mass is 10.3. The summed E-state index contributed by atoms with van der Waals surface area (Å²) in [4.78, 5) is 13.7. The molecule has 0 bridgehead atoms. The Morgan fingerprint density at radius 2 is 2.26 bits per heavy atom. The zero-order valence-corrected chi connectivity index (χ0v) is 9.57. The molecule has 0 amide bonds. The summed E-state index contributed by atoms with van der Waals surface area (Å²) in [7, 11) is 0. The summed E-state index contributed by atoms with van der Waals surface area (Å²) in [6.45, 7) is -2.90. The Labute approximate surface area is 106 Å². The van der Waals surface area contributed by atoms with Crippen LogP contribution in [-0.2, 0) is 6.61 Å². The first-order valence-electron chi connectivity index (χ1n) is 5.25. The molecule has 0 fully saturated rings. The largest absolute Gasteiger partial charge is 0.485 e. The van der Waals surface area contributed by atoms with Crippen molar-refractivity contribution in [2.75, 3.05) is 0 Å². The van der Waals surface area contributed by atoms with Crippen molar-refractivity contribution in [3.63, 3.8) is 0 Å². The monoisotopic (exact) mass is 269 g/mol. The van der Waals surface area contributed by atoms with Gasteiger partial charge in [0.2, 0.25) is 0 Å². The zero-order valence-electron chi connectivity index (χ0n) is 9.57. The molecule has 2 rings (SSSR count). The van der Waals surface area contributed by atoms with E-state index in [0.29, 0.717) is 4.57 Å². The number of nitro benzene ring substituents is 1. The lowest BCUT2D eigenvalue weighted by Crippen LogP contribution is -2.07. The molecule has 1 aromatic heterocycles. The second kappa shape index (κ2) is 5.42. The lowest BCUT2D eigenvalue weighted by Gasteiger charge is -2.08. The maximum Gasteiger partial charge on any atom is 0.320 e. The highest BCUT2D eigenvalue weighted by Gasteiger charge is 2.12. The van der Waals surface area contributed by atoms with Gasteiger partial charge in [-0.15, -0.1) is 0 Å². The molecular weight excluding hydrogens is 260 g/mol. The van der Waals surface area contributed by atoms with E-state index < -0.39 is 11.5 Å². The number of alkyl halides is 2. The predicted molar refractivity (Wildman–Crippen MR) is 60.9 cm³/mol. The van der Waals surface area contributed by atoms with Crippen molar-refractivity contribution in [1.82, 2.24) is 9.55 Å². The summed E-state index contributed by atoms with van der Waals surface area (Å²) in [5.41, 5.74) is -0.130. The molecule has 19 heavy (non-hydrogen) atoms. The zero-order chi connectivity index (χ0) is 13.8. The van der Waals surface area contributed by atoms with Crippen LogP contribution in [0.5, 0.6) is 5.75 Å². The van der Waals surface area contributed by atoms with E-state index in [9.17, 15) is 18.9 Å². The minimum Gasteiger partial charge on any atom is -0.485 e. The molecule has 8 heteroatoms. The van der Waals surface area contributed by atoms with Crippen LogP contribution in [-0.4, -0.2) is 14.5 Å². The highest BCUT2D eigenvalue weighted by Crippen LogP contribution is 2.20. The number of ether oxygens (including phenoxy) is 1. The molecule has 0 saturated carbocycles. The van der Waals surface area contributed by atoms with Gasteiger partial charge in [-0.25, -0.2) is 4.98 Å². The third-order valence-electron chi connectivity index (χ3n) is 2.36. The van der Waals surface area contributed by atoms with Crippen LogP contribution < -0.4 is 4.74 Å². The molecule has 0 atom stereocenters. The van der Waals surface area contributed by atoms with Crippen LogP contribution in [0.2, 0.25) is 0 Å². The highest BCUT2D eigenvalue weighted by molar-refractivity contribution is 5.37. The van der Waals surface area contributed by atoms with Crippen molar-refractivity contribution < 1.29 is 18.4 Å². The number of halogens is 2. The topological polar surface area (TPSA) is 70.2 Å². The number of nitro groups is 1. The SMILES string of the molecule is O=[N+]([O-])c1cccc(OCc2nccn2C(F)F)c1. The smallest absolute Gasteiger partial charge is 0.320 e. The molecule has 0 radical (unpaired) electrons. The number of benzene rings is 1. The van der Waals surface area contributed by atoms with Crippen LogP contribution in [0.3, 0.4) is 0 Å². The third-order valence-corrected chi connectivity index (χ3v) is 2.36. The molecule has 2 aromatic rings. The molecule has 0 N–H and O–H groups in total. The van der Waals surface area contributed by atoms with Gasteiger partial charge in [-0.05, 0) is 6.07 Å². The van der Waals surface area contributed by atoms with Crippen molar-refractivity contribution in [2.24, 2.45) is 0 Å². The van der Waals surface area contributed by atoms with Gasteiger partial charge in [0.1, 0.15) is 12.4 Å². The Morgan fingerprint density at radius 1 is 1.47 bits per heavy atom. The van der Waals surface area contributed by atoms with E-state index in [1.807, 2.05) is 0 Å². The Hall–Kier alpha value is -2.51. The van der Waals surface area contributed by atoms with Crippen molar-refractivity contribution in [1.29, 1.82) is 0 Å². The third kappa shape index (κ3) is 3.03. The van der Waals surface area contributed by atoms with Gasteiger partial charge < -0.3 is 4.74 Å². The van der Waals surface area contributed by atoms with Gasteiger partial charge in [0.05, 0.1) is 11.0 Å². The Balaban J connectivity index is 2.08. The van der Waals surface area contributed by atoms with Gasteiger partial charge in [-0.1, -0.05) is 6.07 Å². The molecule has 100 valence electrons.